The highest BCUT2D eigenvalue weighted by Gasteiger charge is 2.20. The van der Waals surface area contributed by atoms with E-state index in [9.17, 15) is 0 Å². The Hall–Kier alpha value is -0.370. The van der Waals surface area contributed by atoms with Crippen molar-refractivity contribution < 1.29 is 0 Å². The Kier molecular flexibility index (Phi) is 2.18. The summed E-state index contributed by atoms with van der Waals surface area (Å²) in [6.45, 7) is 3.56. The average molecular weight is 181 g/mol. The summed E-state index contributed by atoms with van der Waals surface area (Å²) in [4.78, 5) is 0. The lowest BCUT2D eigenvalue weighted by molar-refractivity contribution is 0.703. The van der Waals surface area contributed by atoms with Gasteiger partial charge in [-0.15, -0.1) is 0 Å². The van der Waals surface area contributed by atoms with Crippen LogP contribution in [0.1, 0.15) is 30.5 Å². The molecule has 1 atom stereocenters. The zero-order valence-electron chi connectivity index (χ0n) is 7.71. The second-order valence-corrected chi connectivity index (χ2v) is 4.41. The van der Waals surface area contributed by atoms with Crippen LogP contribution in [0.25, 0.3) is 0 Å². The van der Waals surface area contributed by atoms with Crippen molar-refractivity contribution in [2.45, 2.75) is 31.6 Å². The van der Waals surface area contributed by atoms with Crippen molar-refractivity contribution in [2.24, 2.45) is 0 Å². The van der Waals surface area contributed by atoms with Gasteiger partial charge in [0.2, 0.25) is 0 Å². The molecule has 0 N–H and O–H groups in total. The molecule has 0 aromatic carbocycles. The van der Waals surface area contributed by atoms with Gasteiger partial charge in [-0.2, -0.15) is 11.8 Å². The van der Waals surface area contributed by atoms with E-state index in [4.69, 9.17) is 0 Å². The van der Waals surface area contributed by atoms with E-state index in [0.29, 0.717) is 0 Å². The van der Waals surface area contributed by atoms with E-state index in [2.05, 4.69) is 30.0 Å². The standard InChI is InChI=1S/C10H15NS/c1-8-3-5-11-6-4-9(7-12-2)10(8)11/h4,6,8H,3,5,7H2,1-2H3. The molecule has 2 rings (SSSR count). The molecule has 1 aromatic rings. The Morgan fingerprint density at radius 2 is 2.50 bits per heavy atom. The summed E-state index contributed by atoms with van der Waals surface area (Å²) in [5.41, 5.74) is 3.14. The van der Waals surface area contributed by atoms with E-state index >= 15 is 0 Å². The topological polar surface area (TPSA) is 4.93 Å². The lowest BCUT2D eigenvalue weighted by atomic mass is 10.0. The number of fused-ring (bicyclic) bond motifs is 1. The SMILES string of the molecule is CSCc1ccn2c1C(C)CC2. The first-order valence-corrected chi connectivity index (χ1v) is 5.89. The zero-order valence-corrected chi connectivity index (χ0v) is 8.53. The van der Waals surface area contributed by atoms with Gasteiger partial charge >= 0.3 is 0 Å². The van der Waals surface area contributed by atoms with Gasteiger partial charge in [0.25, 0.3) is 0 Å². The van der Waals surface area contributed by atoms with Gasteiger partial charge in [-0.05, 0) is 30.2 Å². The van der Waals surface area contributed by atoms with Gasteiger partial charge in [-0.3, -0.25) is 0 Å². The fraction of sp³-hybridized carbons (Fsp3) is 0.600. The van der Waals surface area contributed by atoms with Crippen molar-refractivity contribution in [3.8, 4) is 0 Å². The molecule has 12 heavy (non-hydrogen) atoms. The van der Waals surface area contributed by atoms with Crippen molar-refractivity contribution in [3.63, 3.8) is 0 Å². The second kappa shape index (κ2) is 3.17. The molecule has 2 heterocycles. The Balaban J connectivity index is 2.32. The van der Waals surface area contributed by atoms with Gasteiger partial charge < -0.3 is 4.57 Å². The first-order chi connectivity index (χ1) is 5.83. The van der Waals surface area contributed by atoms with Crippen molar-refractivity contribution >= 4 is 11.8 Å². The van der Waals surface area contributed by atoms with Crippen LogP contribution < -0.4 is 0 Å². The Morgan fingerprint density at radius 3 is 3.25 bits per heavy atom. The summed E-state index contributed by atoms with van der Waals surface area (Å²) >= 11 is 1.91. The minimum atomic E-state index is 0.780. The smallest absolute Gasteiger partial charge is 0.0244 e. The van der Waals surface area contributed by atoms with Crippen LogP contribution in [0.3, 0.4) is 0 Å². The summed E-state index contributed by atoms with van der Waals surface area (Å²) in [6, 6.07) is 2.28. The van der Waals surface area contributed by atoms with Gasteiger partial charge in [0.1, 0.15) is 0 Å². The minimum Gasteiger partial charge on any atom is -0.351 e. The van der Waals surface area contributed by atoms with Crippen molar-refractivity contribution in [2.75, 3.05) is 6.26 Å². The lowest BCUT2D eigenvalue weighted by Crippen LogP contribution is -1.93. The fourth-order valence-corrected chi connectivity index (χ4v) is 2.63. The average Bonchev–Trinajstić information content (AvgIpc) is 2.58. The molecule has 1 nitrogen and oxygen atoms in total. The molecule has 1 aliphatic heterocycles. The first-order valence-electron chi connectivity index (χ1n) is 4.49. The van der Waals surface area contributed by atoms with Crippen LogP contribution in [0.4, 0.5) is 0 Å². The van der Waals surface area contributed by atoms with Crippen molar-refractivity contribution in [1.82, 2.24) is 4.57 Å². The number of nitrogens with zero attached hydrogens (tertiary/aromatic N) is 1. The van der Waals surface area contributed by atoms with E-state index in [1.54, 1.807) is 11.3 Å². The highest BCUT2D eigenvalue weighted by Crippen LogP contribution is 2.32. The lowest BCUT2D eigenvalue weighted by Gasteiger charge is -2.04. The molecule has 0 fully saturated rings. The fourth-order valence-electron chi connectivity index (χ4n) is 2.07. The third-order valence-corrected chi connectivity index (χ3v) is 3.26. The van der Waals surface area contributed by atoms with E-state index in [-0.39, 0.29) is 0 Å². The molecule has 1 aliphatic rings. The van der Waals surface area contributed by atoms with Crippen LogP contribution >= 0.6 is 11.8 Å². The summed E-state index contributed by atoms with van der Waals surface area (Å²) in [5.74, 6) is 1.95. The molecular formula is C10H15NS. The van der Waals surface area contributed by atoms with Crippen molar-refractivity contribution in [3.05, 3.63) is 23.5 Å². The number of hydrogen-bond acceptors (Lipinski definition) is 1. The molecule has 0 aliphatic carbocycles. The minimum absolute atomic E-state index is 0.780. The molecule has 1 aromatic heterocycles. The second-order valence-electron chi connectivity index (χ2n) is 3.54. The molecule has 0 spiro atoms. The molecule has 0 saturated heterocycles. The maximum atomic E-state index is 2.41. The van der Waals surface area contributed by atoms with Crippen LogP contribution in [0.5, 0.6) is 0 Å². The summed E-state index contributed by atoms with van der Waals surface area (Å²) in [7, 11) is 0. The Labute approximate surface area is 78.2 Å². The van der Waals surface area contributed by atoms with Crippen LogP contribution in [0.2, 0.25) is 0 Å². The number of aryl methyl sites for hydroxylation is 1. The number of aromatic nitrogens is 1. The molecule has 0 bridgehead atoms. The van der Waals surface area contributed by atoms with Gasteiger partial charge in [-0.1, -0.05) is 6.92 Å². The molecule has 0 amide bonds. The number of hydrogen-bond donors (Lipinski definition) is 0. The molecule has 66 valence electrons. The molecule has 1 unspecified atom stereocenters. The number of thioether (sulfide) groups is 1. The van der Waals surface area contributed by atoms with Crippen molar-refractivity contribution in [1.29, 1.82) is 0 Å². The third kappa shape index (κ3) is 1.18. The monoisotopic (exact) mass is 181 g/mol. The Bertz CT molecular complexity index is 277. The summed E-state index contributed by atoms with van der Waals surface area (Å²) < 4.78 is 2.41. The largest absolute Gasteiger partial charge is 0.351 e. The Morgan fingerprint density at radius 1 is 1.67 bits per heavy atom. The highest BCUT2D eigenvalue weighted by molar-refractivity contribution is 7.97. The highest BCUT2D eigenvalue weighted by atomic mass is 32.2. The van der Waals surface area contributed by atoms with Gasteiger partial charge in [0, 0.05) is 24.2 Å². The quantitative estimate of drug-likeness (QED) is 0.679. The normalized spacial score (nSPS) is 21.3. The van der Waals surface area contributed by atoms with Crippen LogP contribution in [-0.2, 0) is 12.3 Å². The van der Waals surface area contributed by atoms with Crippen LogP contribution in [0, 0.1) is 0 Å². The van der Waals surface area contributed by atoms with E-state index in [0.717, 1.165) is 5.92 Å². The zero-order chi connectivity index (χ0) is 8.55. The molecule has 0 saturated carbocycles. The predicted octanol–water partition coefficient (Wildman–Crippen LogP) is 2.86. The van der Waals surface area contributed by atoms with Gasteiger partial charge in [0.05, 0.1) is 0 Å². The molecular weight excluding hydrogens is 166 g/mol. The summed E-state index contributed by atoms with van der Waals surface area (Å²) in [6.07, 6.45) is 5.74. The van der Waals surface area contributed by atoms with Gasteiger partial charge in [-0.25, -0.2) is 0 Å². The maximum absolute atomic E-state index is 2.41. The van der Waals surface area contributed by atoms with E-state index in [1.807, 2.05) is 11.8 Å². The van der Waals surface area contributed by atoms with Crippen LogP contribution in [-0.4, -0.2) is 10.8 Å². The summed E-state index contributed by atoms with van der Waals surface area (Å²) in [5, 5.41) is 0. The first kappa shape index (κ1) is 8.24. The van der Waals surface area contributed by atoms with E-state index < -0.39 is 0 Å². The maximum Gasteiger partial charge on any atom is 0.0244 e. The molecule has 2 heteroatoms. The predicted molar refractivity (Wildman–Crippen MR) is 54.7 cm³/mol. The number of rotatable bonds is 2. The third-order valence-electron chi connectivity index (χ3n) is 2.66. The van der Waals surface area contributed by atoms with Crippen LogP contribution in [0.15, 0.2) is 12.3 Å². The molecule has 0 radical (unpaired) electrons. The van der Waals surface area contributed by atoms with E-state index in [1.165, 1.54) is 18.7 Å². The van der Waals surface area contributed by atoms with Gasteiger partial charge in [0.15, 0.2) is 0 Å².